The van der Waals surface area contributed by atoms with Gasteiger partial charge in [-0.1, -0.05) is 57.2 Å². The minimum atomic E-state index is -5.10. The second-order valence-corrected chi connectivity index (χ2v) is 12.8. The van der Waals surface area contributed by atoms with Crippen LogP contribution in [0.3, 0.4) is 0 Å². The third kappa shape index (κ3) is 7.84. The van der Waals surface area contributed by atoms with Gasteiger partial charge in [0.05, 0.1) is 12.9 Å². The van der Waals surface area contributed by atoms with Crippen LogP contribution in [0.5, 0.6) is 5.75 Å². The van der Waals surface area contributed by atoms with Gasteiger partial charge in [0.15, 0.2) is 5.54 Å². The number of rotatable bonds is 8. The first kappa shape index (κ1) is 33.0. The molecule has 42 heavy (non-hydrogen) atoms. The van der Waals surface area contributed by atoms with E-state index in [0.29, 0.717) is 6.26 Å². The highest BCUT2D eigenvalue weighted by Gasteiger charge is 2.60. The number of halogens is 6. The zero-order valence-corrected chi connectivity index (χ0v) is 24.0. The number of nitrogens with one attached hydrogen (secondary N) is 2. The number of hydrogen-bond donors (Lipinski definition) is 2. The van der Waals surface area contributed by atoms with Crippen molar-refractivity contribution < 1.29 is 49.1 Å². The van der Waals surface area contributed by atoms with Crippen molar-refractivity contribution in [3.8, 4) is 5.75 Å². The van der Waals surface area contributed by atoms with E-state index in [1.165, 1.54) is 12.1 Å². The summed E-state index contributed by atoms with van der Waals surface area (Å²) in [6.07, 6.45) is -11.2. The molecule has 2 N–H and O–H groups in total. The maximum absolute atomic E-state index is 14.9. The molecule has 2 amide bonds. The predicted molar refractivity (Wildman–Crippen MR) is 143 cm³/mol. The molecule has 2 aromatic carbocycles. The Bertz CT molecular complexity index is 1460. The Kier molecular flexibility index (Phi) is 9.11. The van der Waals surface area contributed by atoms with Crippen LogP contribution in [0.4, 0.5) is 26.3 Å². The van der Waals surface area contributed by atoms with E-state index in [1.54, 1.807) is 16.9 Å². The maximum Gasteiger partial charge on any atom is 0.416 e. The maximum atomic E-state index is 14.9. The van der Waals surface area contributed by atoms with Gasteiger partial charge in [-0.05, 0) is 46.2 Å². The summed E-state index contributed by atoms with van der Waals surface area (Å²) in [4.78, 5) is 26.1. The summed E-state index contributed by atoms with van der Waals surface area (Å²) in [5, 5.41) is 1.88. The van der Waals surface area contributed by atoms with Crippen LogP contribution in [0.15, 0.2) is 54.1 Å². The quantitative estimate of drug-likeness (QED) is 0.230. The Hall–Kier alpha value is -3.55. The molecule has 1 unspecified atom stereocenters. The van der Waals surface area contributed by atoms with Crippen LogP contribution in [0.1, 0.15) is 56.7 Å². The Labute approximate surface area is 239 Å². The first-order chi connectivity index (χ1) is 19.1. The lowest BCUT2D eigenvalue weighted by Crippen LogP contribution is -2.59. The molecule has 0 saturated carbocycles. The van der Waals surface area contributed by atoms with Crippen molar-refractivity contribution >= 4 is 27.4 Å². The Morgan fingerprint density at radius 3 is 2.02 bits per heavy atom. The molecule has 0 aliphatic carbocycles. The largest absolute Gasteiger partial charge is 0.494 e. The van der Waals surface area contributed by atoms with Crippen LogP contribution in [0, 0.1) is 0 Å². The van der Waals surface area contributed by atoms with E-state index < -0.39 is 63.7 Å². The van der Waals surface area contributed by atoms with Gasteiger partial charge in [-0.15, -0.1) is 0 Å². The first-order valence-corrected chi connectivity index (χ1v) is 14.6. The van der Waals surface area contributed by atoms with E-state index in [4.69, 9.17) is 4.74 Å². The highest BCUT2D eigenvalue weighted by molar-refractivity contribution is 7.89. The molecule has 0 spiro atoms. The van der Waals surface area contributed by atoms with Gasteiger partial charge in [-0.3, -0.25) is 9.59 Å². The predicted octanol–water partition coefficient (Wildman–Crippen LogP) is 5.51. The number of amides is 2. The summed E-state index contributed by atoms with van der Waals surface area (Å²) < 4.78 is 112. The molecule has 1 aliphatic heterocycles. The fourth-order valence-corrected chi connectivity index (χ4v) is 4.91. The lowest BCUT2D eigenvalue weighted by Gasteiger charge is -2.41. The fraction of sp³-hybridized carbons (Fsp3) is 0.429. The third-order valence-corrected chi connectivity index (χ3v) is 7.16. The summed E-state index contributed by atoms with van der Waals surface area (Å²) in [5.41, 5.74) is -3.97. The molecule has 0 radical (unpaired) electrons. The Morgan fingerprint density at radius 2 is 1.55 bits per heavy atom. The molecular weight excluding hydrogens is 590 g/mol. The summed E-state index contributed by atoms with van der Waals surface area (Å²) in [5.74, 6) is -2.81. The number of benzene rings is 2. The van der Waals surface area contributed by atoms with Gasteiger partial charge < -0.3 is 10.1 Å². The van der Waals surface area contributed by atoms with Gasteiger partial charge in [0, 0.05) is 12.8 Å². The minimum absolute atomic E-state index is 0.0159. The molecule has 2 aromatic rings. The molecule has 1 aliphatic rings. The second kappa shape index (κ2) is 11.6. The molecule has 1 heterocycles. The van der Waals surface area contributed by atoms with Gasteiger partial charge in [0.25, 0.3) is 11.8 Å². The van der Waals surface area contributed by atoms with Gasteiger partial charge in [-0.25, -0.2) is 13.1 Å². The zero-order chi connectivity index (χ0) is 31.7. The van der Waals surface area contributed by atoms with E-state index in [-0.39, 0.29) is 35.3 Å². The Balaban J connectivity index is 2.08. The van der Waals surface area contributed by atoms with Crippen molar-refractivity contribution in [1.29, 1.82) is 0 Å². The van der Waals surface area contributed by atoms with Crippen LogP contribution < -0.4 is 14.8 Å². The van der Waals surface area contributed by atoms with Gasteiger partial charge in [0.1, 0.15) is 11.3 Å². The van der Waals surface area contributed by atoms with Crippen LogP contribution in [-0.4, -0.2) is 45.4 Å². The van der Waals surface area contributed by atoms with E-state index in [0.717, 1.165) is 29.8 Å². The van der Waals surface area contributed by atoms with Gasteiger partial charge in [0.2, 0.25) is 10.0 Å². The van der Waals surface area contributed by atoms with Crippen LogP contribution in [0.25, 0.3) is 5.57 Å². The average Bonchev–Trinajstić information content (AvgIpc) is 2.83. The van der Waals surface area contributed by atoms with Crippen LogP contribution >= 0.6 is 0 Å². The van der Waals surface area contributed by atoms with Crippen molar-refractivity contribution in [2.45, 2.75) is 63.3 Å². The third-order valence-electron chi connectivity index (χ3n) is 6.61. The standard InChI is InChI=1S/C28H30F6N2O5S/c1-25(2,3)18-8-6-17(7-9-18)21-16-26(28(32,33)34,35-23(37)22(21)24(38)36-42(4,39)40)19-10-12-20(13-11-19)41-15-5-14-27(29,30)31/h6-13H,5,14-16H2,1-4H3,(H,35,37)(H,36,38). The normalized spacial score (nSPS) is 18.5. The molecule has 0 fully saturated rings. The molecule has 14 heteroatoms. The smallest absolute Gasteiger partial charge is 0.416 e. The Morgan fingerprint density at radius 1 is 0.976 bits per heavy atom. The SMILES string of the molecule is CC(C)(C)c1ccc(C2=C(C(=O)NS(C)(=O)=O)C(=O)NC(c3ccc(OCCCC(F)(F)F)cc3)(C(F)(F)F)C2)cc1. The van der Waals surface area contributed by atoms with Crippen molar-refractivity contribution in [2.24, 2.45) is 0 Å². The fourth-order valence-electron chi connectivity index (χ4n) is 4.48. The highest BCUT2D eigenvalue weighted by atomic mass is 32.2. The van der Waals surface area contributed by atoms with Crippen molar-refractivity contribution in [3.05, 3.63) is 70.8 Å². The number of sulfonamides is 1. The molecule has 0 saturated heterocycles. The molecule has 3 rings (SSSR count). The first-order valence-electron chi connectivity index (χ1n) is 12.7. The second-order valence-electron chi connectivity index (χ2n) is 11.0. The molecule has 230 valence electrons. The lowest BCUT2D eigenvalue weighted by atomic mass is 9.76. The van der Waals surface area contributed by atoms with E-state index in [2.05, 4.69) is 0 Å². The van der Waals surface area contributed by atoms with Crippen molar-refractivity contribution in [1.82, 2.24) is 10.0 Å². The lowest BCUT2D eigenvalue weighted by molar-refractivity contribution is -0.201. The summed E-state index contributed by atoms with van der Waals surface area (Å²) in [6, 6.07) is 10.5. The number of ether oxygens (including phenoxy) is 1. The molecule has 1 atom stereocenters. The average molecular weight is 621 g/mol. The number of alkyl halides is 6. The molecule has 0 bridgehead atoms. The van der Waals surface area contributed by atoms with Crippen LogP contribution in [0.2, 0.25) is 0 Å². The van der Waals surface area contributed by atoms with E-state index in [9.17, 15) is 44.3 Å². The number of carbonyl (C=O) groups is 2. The zero-order valence-electron chi connectivity index (χ0n) is 23.2. The van der Waals surface area contributed by atoms with E-state index >= 15 is 0 Å². The van der Waals surface area contributed by atoms with Gasteiger partial charge in [-0.2, -0.15) is 26.3 Å². The summed E-state index contributed by atoms with van der Waals surface area (Å²) in [6.45, 7) is 5.42. The van der Waals surface area contributed by atoms with E-state index in [1.807, 2.05) is 26.1 Å². The number of hydrogen-bond acceptors (Lipinski definition) is 5. The monoisotopic (exact) mass is 620 g/mol. The van der Waals surface area contributed by atoms with Gasteiger partial charge >= 0.3 is 12.4 Å². The summed E-state index contributed by atoms with van der Waals surface area (Å²) >= 11 is 0. The minimum Gasteiger partial charge on any atom is -0.494 e. The molecule has 0 aromatic heterocycles. The number of carbonyl (C=O) groups excluding carboxylic acids is 2. The molecule has 7 nitrogen and oxygen atoms in total. The van der Waals surface area contributed by atoms with Crippen molar-refractivity contribution in [2.75, 3.05) is 12.9 Å². The van der Waals surface area contributed by atoms with Crippen molar-refractivity contribution in [3.63, 3.8) is 0 Å². The topological polar surface area (TPSA) is 102 Å². The summed E-state index contributed by atoms with van der Waals surface area (Å²) in [7, 11) is -4.17. The molecular formula is C28H30F6N2O5S. The van der Waals surface area contributed by atoms with Crippen LogP contribution in [-0.2, 0) is 30.6 Å². The highest BCUT2D eigenvalue weighted by Crippen LogP contribution is 2.48.